The number of nitrogen functional groups attached to an aromatic ring is 1. The summed E-state index contributed by atoms with van der Waals surface area (Å²) in [5.41, 5.74) is 20.0. The SMILES string of the molecule is C.C.CC(C)c1cc(C(C)C)c(S(=O)(=O)NC(Cc2cccc(C(=N)N)c2)C(=O)N2CCN(C(=O)CCN=C(N)N)CC2)c(C(C)C)c1. The Kier molecular flexibility index (Phi) is 15.7. The molecule has 1 atom stereocenters. The van der Waals surface area contributed by atoms with Crippen LogP contribution >= 0.6 is 0 Å². The Bertz CT molecular complexity index is 1530. The van der Waals surface area contributed by atoms with Gasteiger partial charge in [0.15, 0.2) is 5.96 Å². The van der Waals surface area contributed by atoms with Gasteiger partial charge in [-0.2, -0.15) is 4.72 Å². The summed E-state index contributed by atoms with van der Waals surface area (Å²) in [6, 6.07) is 9.69. The number of nitrogens with zero attached hydrogens (tertiary/aromatic N) is 3. The minimum atomic E-state index is -4.19. The van der Waals surface area contributed by atoms with E-state index in [0.29, 0.717) is 35.3 Å². The molecule has 2 aromatic rings. The molecule has 13 heteroatoms. The van der Waals surface area contributed by atoms with E-state index in [0.717, 1.165) is 5.56 Å². The fourth-order valence-corrected chi connectivity index (χ4v) is 7.45. The largest absolute Gasteiger partial charge is 0.384 e. The molecular formula is C35H58N8O4S. The topological polar surface area (TPSA) is 201 Å². The minimum Gasteiger partial charge on any atom is -0.384 e. The number of benzene rings is 2. The maximum Gasteiger partial charge on any atom is 0.241 e. The molecule has 48 heavy (non-hydrogen) atoms. The van der Waals surface area contributed by atoms with Crippen LogP contribution in [0.15, 0.2) is 46.3 Å². The van der Waals surface area contributed by atoms with Crippen molar-refractivity contribution in [2.24, 2.45) is 22.2 Å². The third-order valence-electron chi connectivity index (χ3n) is 8.19. The number of hydrogen-bond acceptors (Lipinski definition) is 6. The van der Waals surface area contributed by atoms with Crippen molar-refractivity contribution in [3.8, 4) is 0 Å². The molecule has 0 spiro atoms. The van der Waals surface area contributed by atoms with Crippen molar-refractivity contribution in [1.82, 2.24) is 14.5 Å². The van der Waals surface area contributed by atoms with Gasteiger partial charge in [0.25, 0.3) is 0 Å². The summed E-state index contributed by atoms with van der Waals surface area (Å²) in [6.07, 6.45) is 0.196. The normalized spacial score (nSPS) is 13.9. The van der Waals surface area contributed by atoms with Crippen molar-refractivity contribution in [2.45, 2.75) is 97.9 Å². The Labute approximate surface area is 288 Å². The second-order valence-electron chi connectivity index (χ2n) is 12.7. The third-order valence-corrected chi connectivity index (χ3v) is 9.79. The zero-order valence-electron chi connectivity index (χ0n) is 27.8. The van der Waals surface area contributed by atoms with Gasteiger partial charge in [-0.05, 0) is 52.5 Å². The first-order chi connectivity index (χ1) is 21.5. The van der Waals surface area contributed by atoms with Gasteiger partial charge in [0.05, 0.1) is 11.4 Å². The number of amidine groups is 1. The van der Waals surface area contributed by atoms with Crippen LogP contribution in [-0.2, 0) is 26.0 Å². The van der Waals surface area contributed by atoms with Gasteiger partial charge < -0.3 is 27.0 Å². The summed E-state index contributed by atoms with van der Waals surface area (Å²) in [7, 11) is -4.19. The van der Waals surface area contributed by atoms with Gasteiger partial charge in [0.1, 0.15) is 11.9 Å². The standard InChI is InChI=1S/C33H50N8O4S.2CH4/c1-20(2)25-18-26(21(3)4)30(27(19-25)22(5)6)46(44,45)39-28(17-23-8-7-9-24(16-23)31(34)35)32(43)41-14-12-40(13-15-41)29(42)10-11-38-33(36)37;;/h7-9,16,18-22,28,39H,10-15,17H2,1-6H3,(H3,34,35)(H4,36,37,38);2*1H4. The first-order valence-corrected chi connectivity index (χ1v) is 17.2. The van der Waals surface area contributed by atoms with Gasteiger partial charge in [-0.3, -0.25) is 20.0 Å². The lowest BCUT2D eigenvalue weighted by Gasteiger charge is -2.36. The fraction of sp³-hybridized carbons (Fsp3) is 0.543. The molecule has 0 bridgehead atoms. The fourth-order valence-electron chi connectivity index (χ4n) is 5.56. The summed E-state index contributed by atoms with van der Waals surface area (Å²) in [4.78, 5) is 34.1. The number of sulfonamides is 1. The number of carbonyl (C=O) groups excluding carboxylic acids is 2. The van der Waals surface area contributed by atoms with E-state index in [9.17, 15) is 18.0 Å². The van der Waals surface area contributed by atoms with E-state index < -0.39 is 16.1 Å². The van der Waals surface area contributed by atoms with Crippen LogP contribution in [0, 0.1) is 5.41 Å². The van der Waals surface area contributed by atoms with E-state index >= 15 is 0 Å². The van der Waals surface area contributed by atoms with E-state index in [1.807, 2.05) is 39.8 Å². The Morgan fingerprint density at radius 2 is 1.42 bits per heavy atom. The molecule has 1 heterocycles. The lowest BCUT2D eigenvalue weighted by atomic mass is 9.89. The van der Waals surface area contributed by atoms with E-state index in [1.54, 1.807) is 34.1 Å². The molecule has 1 aliphatic rings. The molecule has 1 fully saturated rings. The molecule has 0 radical (unpaired) electrons. The number of hydrogen-bond donors (Lipinski definition) is 5. The smallest absolute Gasteiger partial charge is 0.241 e. The van der Waals surface area contributed by atoms with Crippen LogP contribution in [-0.4, -0.2) is 80.6 Å². The van der Waals surface area contributed by atoms with Gasteiger partial charge in [-0.25, -0.2) is 8.42 Å². The molecule has 0 aromatic heterocycles. The zero-order valence-corrected chi connectivity index (χ0v) is 28.7. The average molecular weight is 687 g/mol. The van der Waals surface area contributed by atoms with Gasteiger partial charge >= 0.3 is 0 Å². The highest BCUT2D eigenvalue weighted by Gasteiger charge is 2.35. The lowest BCUT2D eigenvalue weighted by molar-refractivity contribution is -0.140. The Hall–Kier alpha value is -3.97. The molecule has 1 saturated heterocycles. The summed E-state index contributed by atoms with van der Waals surface area (Å²) in [5.74, 6) is -0.673. The number of piperazine rings is 1. The summed E-state index contributed by atoms with van der Waals surface area (Å²) >= 11 is 0. The minimum absolute atomic E-state index is 0. The van der Waals surface area contributed by atoms with Crippen LogP contribution in [0.1, 0.15) is 108 Å². The average Bonchev–Trinajstić information content (AvgIpc) is 2.99. The number of nitrogens with one attached hydrogen (secondary N) is 2. The maximum atomic E-state index is 14.4. The van der Waals surface area contributed by atoms with Crippen LogP contribution in [0.2, 0.25) is 0 Å². The first kappa shape index (κ1) is 42.1. The molecule has 8 N–H and O–H groups in total. The molecule has 1 unspecified atom stereocenters. The monoisotopic (exact) mass is 686 g/mol. The highest BCUT2D eigenvalue weighted by atomic mass is 32.2. The van der Waals surface area contributed by atoms with Crippen LogP contribution < -0.4 is 21.9 Å². The zero-order chi connectivity index (χ0) is 34.3. The number of aliphatic imine (C=N–C) groups is 1. The highest BCUT2D eigenvalue weighted by Crippen LogP contribution is 2.35. The van der Waals surface area contributed by atoms with Gasteiger partial charge in [0, 0.05) is 38.2 Å². The number of carbonyl (C=O) groups is 2. The Morgan fingerprint density at radius 1 is 0.875 bits per heavy atom. The van der Waals surface area contributed by atoms with E-state index in [4.69, 9.17) is 22.6 Å². The van der Waals surface area contributed by atoms with E-state index in [-0.39, 0.29) is 93.6 Å². The predicted octanol–water partition coefficient (Wildman–Crippen LogP) is 3.84. The summed E-state index contributed by atoms with van der Waals surface area (Å²) < 4.78 is 31.6. The molecule has 12 nitrogen and oxygen atoms in total. The van der Waals surface area contributed by atoms with Crippen LogP contribution in [0.25, 0.3) is 0 Å². The molecular weight excluding hydrogens is 629 g/mol. The van der Waals surface area contributed by atoms with Crippen molar-refractivity contribution >= 4 is 33.6 Å². The molecule has 3 rings (SSSR count). The van der Waals surface area contributed by atoms with Gasteiger partial charge in [-0.1, -0.05) is 86.7 Å². The highest BCUT2D eigenvalue weighted by molar-refractivity contribution is 7.89. The number of nitrogens with two attached hydrogens (primary N) is 3. The first-order valence-electron chi connectivity index (χ1n) is 15.8. The second-order valence-corrected chi connectivity index (χ2v) is 14.4. The van der Waals surface area contributed by atoms with Crippen molar-refractivity contribution in [3.05, 3.63) is 64.2 Å². The third kappa shape index (κ3) is 10.8. The second kappa shape index (κ2) is 18.0. The van der Waals surface area contributed by atoms with Crippen LogP contribution in [0.3, 0.4) is 0 Å². The van der Waals surface area contributed by atoms with E-state index in [2.05, 4.69) is 23.6 Å². The van der Waals surface area contributed by atoms with E-state index in [1.165, 1.54) is 0 Å². The molecule has 268 valence electrons. The van der Waals surface area contributed by atoms with Crippen molar-refractivity contribution in [3.63, 3.8) is 0 Å². The van der Waals surface area contributed by atoms with Crippen molar-refractivity contribution in [2.75, 3.05) is 32.7 Å². The number of rotatable bonds is 13. The quantitative estimate of drug-likeness (QED) is 0.156. The summed E-state index contributed by atoms with van der Waals surface area (Å²) in [6.45, 7) is 13.3. The van der Waals surface area contributed by atoms with Gasteiger partial charge in [0.2, 0.25) is 21.8 Å². The van der Waals surface area contributed by atoms with Crippen LogP contribution in [0.5, 0.6) is 0 Å². The van der Waals surface area contributed by atoms with Crippen molar-refractivity contribution < 1.29 is 18.0 Å². The van der Waals surface area contributed by atoms with Crippen LogP contribution in [0.4, 0.5) is 0 Å². The molecule has 0 saturated carbocycles. The Morgan fingerprint density at radius 3 is 1.90 bits per heavy atom. The molecule has 0 aliphatic carbocycles. The van der Waals surface area contributed by atoms with Gasteiger partial charge in [-0.15, -0.1) is 0 Å². The maximum absolute atomic E-state index is 14.4. The lowest BCUT2D eigenvalue weighted by Crippen LogP contribution is -2.56. The number of amides is 2. The molecule has 2 aromatic carbocycles. The van der Waals surface area contributed by atoms with Crippen molar-refractivity contribution in [1.29, 1.82) is 5.41 Å². The number of guanidine groups is 1. The summed E-state index contributed by atoms with van der Waals surface area (Å²) in [5, 5.41) is 7.85. The molecule has 2 amide bonds. The molecule has 1 aliphatic heterocycles. The Balaban J connectivity index is 0.00000576. The predicted molar refractivity (Wildman–Crippen MR) is 196 cm³/mol.